The lowest BCUT2D eigenvalue weighted by Gasteiger charge is -2.26. The van der Waals surface area contributed by atoms with Crippen LogP contribution in [0.3, 0.4) is 0 Å². The van der Waals surface area contributed by atoms with Crippen LogP contribution in [0.2, 0.25) is 0 Å². The molecule has 1 atom stereocenters. The van der Waals surface area contributed by atoms with Crippen molar-refractivity contribution in [2.75, 3.05) is 5.32 Å². The molecule has 1 aliphatic heterocycles. The number of nitrogens with one attached hydrogen (secondary N) is 2. The molecule has 3 rings (SSSR count). The van der Waals surface area contributed by atoms with Crippen molar-refractivity contribution in [3.05, 3.63) is 56.3 Å². The third-order valence-electron chi connectivity index (χ3n) is 3.61. The minimum absolute atomic E-state index is 0.0936. The van der Waals surface area contributed by atoms with Crippen LogP contribution >= 0.6 is 12.2 Å². The fourth-order valence-electron chi connectivity index (χ4n) is 2.59. The van der Waals surface area contributed by atoms with E-state index in [9.17, 15) is 14.0 Å². The fraction of sp³-hybridized carbons (Fsp3) is 0.214. The first kappa shape index (κ1) is 13.7. The molecule has 1 unspecified atom stereocenters. The number of halogens is 1. The SMILES string of the molecule is Cn1c2c(c(=O)[nH]c1=S)C(c1cccc(F)c1)CC(=O)N2. The van der Waals surface area contributed by atoms with Crippen molar-refractivity contribution in [1.82, 2.24) is 9.55 Å². The topological polar surface area (TPSA) is 66.9 Å². The number of fused-ring (bicyclic) bond motifs is 1. The van der Waals surface area contributed by atoms with Gasteiger partial charge in [0.25, 0.3) is 5.56 Å². The van der Waals surface area contributed by atoms with E-state index in [-0.39, 0.29) is 22.7 Å². The monoisotopic (exact) mass is 305 g/mol. The van der Waals surface area contributed by atoms with Crippen molar-refractivity contribution in [2.45, 2.75) is 12.3 Å². The highest BCUT2D eigenvalue weighted by Crippen LogP contribution is 2.34. The zero-order valence-electron chi connectivity index (χ0n) is 11.1. The van der Waals surface area contributed by atoms with Crippen LogP contribution < -0.4 is 10.9 Å². The molecule has 1 aliphatic rings. The van der Waals surface area contributed by atoms with Gasteiger partial charge in [0.2, 0.25) is 5.91 Å². The Bertz CT molecular complexity index is 856. The first-order chi connectivity index (χ1) is 9.97. The van der Waals surface area contributed by atoms with Gasteiger partial charge >= 0.3 is 0 Å². The van der Waals surface area contributed by atoms with Crippen LogP contribution in [0.1, 0.15) is 23.5 Å². The molecule has 0 bridgehead atoms. The summed E-state index contributed by atoms with van der Waals surface area (Å²) in [5.41, 5.74) is 0.632. The molecule has 2 N–H and O–H groups in total. The highest BCUT2D eigenvalue weighted by atomic mass is 32.1. The summed E-state index contributed by atoms with van der Waals surface area (Å²) >= 11 is 5.04. The van der Waals surface area contributed by atoms with E-state index in [1.54, 1.807) is 19.2 Å². The third-order valence-corrected chi connectivity index (χ3v) is 3.98. The van der Waals surface area contributed by atoms with Gasteiger partial charge in [0.05, 0.1) is 5.56 Å². The lowest BCUT2D eigenvalue weighted by atomic mass is 9.87. The van der Waals surface area contributed by atoms with E-state index in [2.05, 4.69) is 10.3 Å². The summed E-state index contributed by atoms with van der Waals surface area (Å²) in [4.78, 5) is 26.7. The van der Waals surface area contributed by atoms with Crippen LogP contribution in [-0.2, 0) is 11.8 Å². The van der Waals surface area contributed by atoms with E-state index < -0.39 is 11.7 Å². The van der Waals surface area contributed by atoms with E-state index in [1.165, 1.54) is 16.7 Å². The predicted molar refractivity (Wildman–Crippen MR) is 78.4 cm³/mol. The number of hydrogen-bond donors (Lipinski definition) is 2. The van der Waals surface area contributed by atoms with Crippen LogP contribution in [0.4, 0.5) is 10.2 Å². The number of amides is 1. The number of anilines is 1. The van der Waals surface area contributed by atoms with Crippen molar-refractivity contribution in [1.29, 1.82) is 0 Å². The number of nitrogens with zero attached hydrogens (tertiary/aromatic N) is 1. The Balaban J connectivity index is 2.28. The number of H-pyrrole nitrogens is 1. The lowest BCUT2D eigenvalue weighted by Crippen LogP contribution is -2.33. The molecule has 21 heavy (non-hydrogen) atoms. The van der Waals surface area contributed by atoms with Gasteiger partial charge in [-0.15, -0.1) is 0 Å². The minimum Gasteiger partial charge on any atom is -0.312 e. The molecule has 1 aromatic heterocycles. The molecule has 2 heterocycles. The Kier molecular flexibility index (Phi) is 3.21. The minimum atomic E-state index is -0.491. The molecule has 0 saturated carbocycles. The second-order valence-electron chi connectivity index (χ2n) is 4.94. The van der Waals surface area contributed by atoms with E-state index in [0.717, 1.165) is 0 Å². The Labute approximate surface area is 124 Å². The van der Waals surface area contributed by atoms with Gasteiger partial charge in [0, 0.05) is 19.4 Å². The molecule has 1 amide bonds. The predicted octanol–water partition coefficient (Wildman–Crippen LogP) is 2.06. The second-order valence-corrected chi connectivity index (χ2v) is 5.33. The van der Waals surface area contributed by atoms with E-state index in [0.29, 0.717) is 16.9 Å². The van der Waals surface area contributed by atoms with Gasteiger partial charge < -0.3 is 9.88 Å². The maximum atomic E-state index is 13.4. The lowest BCUT2D eigenvalue weighted by molar-refractivity contribution is -0.116. The number of benzene rings is 1. The molecule has 5 nitrogen and oxygen atoms in total. The van der Waals surface area contributed by atoms with Crippen LogP contribution in [0.15, 0.2) is 29.1 Å². The number of aromatic nitrogens is 2. The summed E-state index contributed by atoms with van der Waals surface area (Å²) in [5, 5.41) is 2.67. The molecule has 0 radical (unpaired) electrons. The summed E-state index contributed by atoms with van der Waals surface area (Å²) in [6.07, 6.45) is 0.0936. The maximum absolute atomic E-state index is 13.4. The Morgan fingerprint density at radius 3 is 2.86 bits per heavy atom. The average molecular weight is 305 g/mol. The molecular weight excluding hydrogens is 293 g/mol. The van der Waals surface area contributed by atoms with Gasteiger partial charge in [-0.2, -0.15) is 0 Å². The molecule has 0 fully saturated rings. The zero-order chi connectivity index (χ0) is 15.1. The van der Waals surface area contributed by atoms with Crippen molar-refractivity contribution in [3.8, 4) is 0 Å². The van der Waals surface area contributed by atoms with Crippen molar-refractivity contribution >= 4 is 23.9 Å². The molecule has 1 aromatic carbocycles. The fourth-order valence-corrected chi connectivity index (χ4v) is 2.77. The quantitative estimate of drug-likeness (QED) is 0.793. The highest BCUT2D eigenvalue weighted by molar-refractivity contribution is 7.71. The van der Waals surface area contributed by atoms with Crippen LogP contribution in [0.25, 0.3) is 0 Å². The highest BCUT2D eigenvalue weighted by Gasteiger charge is 2.31. The van der Waals surface area contributed by atoms with E-state index in [1.807, 2.05) is 0 Å². The Morgan fingerprint density at radius 1 is 1.38 bits per heavy atom. The van der Waals surface area contributed by atoms with Gasteiger partial charge in [-0.3, -0.25) is 14.6 Å². The normalized spacial score (nSPS) is 17.2. The Hall–Kier alpha value is -2.28. The first-order valence-corrected chi connectivity index (χ1v) is 6.76. The van der Waals surface area contributed by atoms with E-state index in [4.69, 9.17) is 12.2 Å². The van der Waals surface area contributed by atoms with Crippen molar-refractivity contribution in [3.63, 3.8) is 0 Å². The number of carbonyl (C=O) groups excluding carboxylic acids is 1. The second kappa shape index (κ2) is 4.92. The molecular formula is C14H12FN3O2S. The number of hydrogen-bond acceptors (Lipinski definition) is 3. The van der Waals surface area contributed by atoms with E-state index >= 15 is 0 Å². The third kappa shape index (κ3) is 2.29. The average Bonchev–Trinajstić information content (AvgIpc) is 2.44. The standard InChI is InChI=1S/C14H12FN3O2S/c1-18-12-11(13(20)17-14(18)21)9(6-10(19)16-12)7-3-2-4-8(15)5-7/h2-5,9H,6H2,1H3,(H,16,19)(H,17,20,21). The van der Waals surface area contributed by atoms with Gasteiger partial charge in [0.15, 0.2) is 4.77 Å². The molecule has 0 aliphatic carbocycles. The zero-order valence-corrected chi connectivity index (χ0v) is 12.0. The summed E-state index contributed by atoms with van der Waals surface area (Å²) < 4.78 is 15.2. The first-order valence-electron chi connectivity index (χ1n) is 6.36. The maximum Gasteiger partial charge on any atom is 0.257 e. The smallest absolute Gasteiger partial charge is 0.257 e. The van der Waals surface area contributed by atoms with Crippen LogP contribution in [0, 0.1) is 10.6 Å². The van der Waals surface area contributed by atoms with Crippen LogP contribution in [-0.4, -0.2) is 15.5 Å². The van der Waals surface area contributed by atoms with Gasteiger partial charge in [-0.25, -0.2) is 4.39 Å². The number of rotatable bonds is 1. The summed E-state index contributed by atoms with van der Waals surface area (Å²) in [6.45, 7) is 0. The van der Waals surface area contributed by atoms with Gasteiger partial charge in [0.1, 0.15) is 11.6 Å². The molecule has 2 aromatic rings. The summed E-state index contributed by atoms with van der Waals surface area (Å²) in [6, 6.07) is 5.93. The number of carbonyl (C=O) groups is 1. The Morgan fingerprint density at radius 2 is 2.14 bits per heavy atom. The molecule has 7 heteroatoms. The van der Waals surface area contributed by atoms with Gasteiger partial charge in [-0.1, -0.05) is 12.1 Å². The molecule has 0 saturated heterocycles. The van der Waals surface area contributed by atoms with Gasteiger partial charge in [-0.05, 0) is 29.9 Å². The van der Waals surface area contributed by atoms with Crippen LogP contribution in [0.5, 0.6) is 0 Å². The largest absolute Gasteiger partial charge is 0.312 e. The van der Waals surface area contributed by atoms with Crippen molar-refractivity contribution < 1.29 is 9.18 Å². The number of aromatic amines is 1. The summed E-state index contributed by atoms with van der Waals surface area (Å²) in [7, 11) is 1.66. The molecule has 0 spiro atoms. The molecule has 108 valence electrons. The van der Waals surface area contributed by atoms with Crippen molar-refractivity contribution in [2.24, 2.45) is 7.05 Å². The summed E-state index contributed by atoms with van der Waals surface area (Å²) in [5.74, 6) is -0.752.